The molecule has 2 heterocycles. The maximum absolute atomic E-state index is 12.5. The Bertz CT molecular complexity index is 507. The third-order valence-corrected chi connectivity index (χ3v) is 2.51. The van der Waals surface area contributed by atoms with Crippen LogP contribution < -0.4 is 5.73 Å². The quantitative estimate of drug-likeness (QED) is 0.911. The number of rotatable bonds is 3. The van der Waals surface area contributed by atoms with Gasteiger partial charge in [0.05, 0.1) is 6.04 Å². The fraction of sp³-hybridized carbons (Fsp3) is 0.273. The lowest BCUT2D eigenvalue weighted by atomic mass is 10.1. The van der Waals surface area contributed by atoms with Gasteiger partial charge in [-0.3, -0.25) is 9.67 Å². The SMILES string of the molecule is NCC(c1cccnc1)n1ccc(C(F)(F)F)n1. The summed E-state index contributed by atoms with van der Waals surface area (Å²) in [6.07, 6.45) is -0.0273. The number of hydrogen-bond donors (Lipinski definition) is 1. The fourth-order valence-corrected chi connectivity index (χ4v) is 1.63. The molecule has 0 saturated heterocycles. The fourth-order valence-electron chi connectivity index (χ4n) is 1.63. The van der Waals surface area contributed by atoms with Crippen LogP contribution >= 0.6 is 0 Å². The van der Waals surface area contributed by atoms with E-state index < -0.39 is 17.9 Å². The molecule has 0 aliphatic carbocycles. The van der Waals surface area contributed by atoms with Crippen molar-refractivity contribution in [1.29, 1.82) is 0 Å². The van der Waals surface area contributed by atoms with Crippen LogP contribution in [-0.4, -0.2) is 21.3 Å². The van der Waals surface area contributed by atoms with Gasteiger partial charge in [-0.1, -0.05) is 6.07 Å². The molecule has 96 valence electrons. The van der Waals surface area contributed by atoms with E-state index in [-0.39, 0.29) is 6.54 Å². The minimum atomic E-state index is -4.45. The zero-order valence-electron chi connectivity index (χ0n) is 9.30. The lowest BCUT2D eigenvalue weighted by Gasteiger charge is -2.15. The van der Waals surface area contributed by atoms with E-state index in [1.165, 1.54) is 10.9 Å². The first-order valence-corrected chi connectivity index (χ1v) is 5.24. The van der Waals surface area contributed by atoms with Crippen molar-refractivity contribution < 1.29 is 13.2 Å². The molecule has 0 radical (unpaired) electrons. The highest BCUT2D eigenvalue weighted by Crippen LogP contribution is 2.28. The van der Waals surface area contributed by atoms with Crippen LogP contribution in [0.2, 0.25) is 0 Å². The van der Waals surface area contributed by atoms with Crippen molar-refractivity contribution in [2.45, 2.75) is 12.2 Å². The number of aromatic nitrogens is 3. The number of halogens is 3. The van der Waals surface area contributed by atoms with Crippen molar-refractivity contribution in [3.05, 3.63) is 48.0 Å². The number of nitrogens with zero attached hydrogens (tertiary/aromatic N) is 3. The molecule has 1 atom stereocenters. The van der Waals surface area contributed by atoms with Crippen molar-refractivity contribution in [3.8, 4) is 0 Å². The summed E-state index contributed by atoms with van der Waals surface area (Å²) in [7, 11) is 0. The Labute approximate surface area is 101 Å². The summed E-state index contributed by atoms with van der Waals surface area (Å²) in [5.41, 5.74) is 5.38. The summed E-state index contributed by atoms with van der Waals surface area (Å²) >= 11 is 0. The van der Waals surface area contributed by atoms with Crippen LogP contribution in [0.5, 0.6) is 0 Å². The van der Waals surface area contributed by atoms with E-state index >= 15 is 0 Å². The first-order valence-electron chi connectivity index (χ1n) is 5.24. The largest absolute Gasteiger partial charge is 0.435 e. The molecule has 18 heavy (non-hydrogen) atoms. The van der Waals surface area contributed by atoms with Gasteiger partial charge in [0.2, 0.25) is 0 Å². The molecule has 0 aliphatic heterocycles. The molecule has 2 aromatic heterocycles. The molecule has 2 aromatic rings. The van der Waals surface area contributed by atoms with Crippen LogP contribution in [-0.2, 0) is 6.18 Å². The topological polar surface area (TPSA) is 56.7 Å². The van der Waals surface area contributed by atoms with Crippen LogP contribution in [0, 0.1) is 0 Å². The Morgan fingerprint density at radius 2 is 2.11 bits per heavy atom. The van der Waals surface area contributed by atoms with Crippen LogP contribution in [0.15, 0.2) is 36.8 Å². The van der Waals surface area contributed by atoms with Crippen molar-refractivity contribution in [2.75, 3.05) is 6.54 Å². The number of alkyl halides is 3. The summed E-state index contributed by atoms with van der Waals surface area (Å²) < 4.78 is 38.6. The van der Waals surface area contributed by atoms with E-state index in [0.717, 1.165) is 11.6 Å². The predicted octanol–water partition coefficient (Wildman–Crippen LogP) is 1.85. The van der Waals surface area contributed by atoms with Crippen LogP contribution in [0.1, 0.15) is 17.3 Å². The van der Waals surface area contributed by atoms with Crippen LogP contribution in [0.25, 0.3) is 0 Å². The normalized spacial score (nSPS) is 13.6. The first kappa shape index (κ1) is 12.6. The minimum absolute atomic E-state index is 0.144. The van der Waals surface area contributed by atoms with E-state index in [1.807, 2.05) is 0 Å². The van der Waals surface area contributed by atoms with Crippen molar-refractivity contribution in [2.24, 2.45) is 5.73 Å². The zero-order valence-corrected chi connectivity index (χ0v) is 9.30. The van der Waals surface area contributed by atoms with E-state index in [0.29, 0.717) is 0 Å². The second kappa shape index (κ2) is 4.77. The molecule has 0 bridgehead atoms. The smallest absolute Gasteiger partial charge is 0.328 e. The first-order chi connectivity index (χ1) is 8.52. The minimum Gasteiger partial charge on any atom is -0.328 e. The van der Waals surface area contributed by atoms with Crippen molar-refractivity contribution in [1.82, 2.24) is 14.8 Å². The number of nitrogens with two attached hydrogens (primary N) is 1. The highest BCUT2D eigenvalue weighted by atomic mass is 19.4. The van der Waals surface area contributed by atoms with Gasteiger partial charge in [0.15, 0.2) is 5.69 Å². The van der Waals surface area contributed by atoms with Gasteiger partial charge in [0.25, 0.3) is 0 Å². The lowest BCUT2D eigenvalue weighted by molar-refractivity contribution is -0.141. The molecule has 0 amide bonds. The summed E-state index contributed by atoms with van der Waals surface area (Å²) in [4.78, 5) is 3.92. The number of hydrogen-bond acceptors (Lipinski definition) is 3. The van der Waals surface area contributed by atoms with Crippen molar-refractivity contribution >= 4 is 0 Å². The van der Waals surface area contributed by atoms with Gasteiger partial charge in [-0.2, -0.15) is 18.3 Å². The molecule has 0 fully saturated rings. The highest BCUT2D eigenvalue weighted by Gasteiger charge is 2.34. The number of pyridine rings is 1. The molecule has 0 spiro atoms. The van der Waals surface area contributed by atoms with Crippen molar-refractivity contribution in [3.63, 3.8) is 0 Å². The monoisotopic (exact) mass is 256 g/mol. The Morgan fingerprint density at radius 1 is 1.33 bits per heavy atom. The molecule has 4 nitrogen and oxygen atoms in total. The standard InChI is InChI=1S/C11H11F3N4/c12-11(13,14)10-3-5-18(17-10)9(6-15)8-2-1-4-16-7-8/h1-5,7,9H,6,15H2. The second-order valence-corrected chi connectivity index (χ2v) is 3.72. The Morgan fingerprint density at radius 3 is 2.61 bits per heavy atom. The van der Waals surface area contributed by atoms with E-state index in [4.69, 9.17) is 5.73 Å². The van der Waals surface area contributed by atoms with Gasteiger partial charge in [-0.15, -0.1) is 0 Å². The summed E-state index contributed by atoms with van der Waals surface area (Å²) in [5.74, 6) is 0. The average molecular weight is 256 g/mol. The molecule has 0 saturated carbocycles. The molecule has 1 unspecified atom stereocenters. The molecule has 7 heteroatoms. The Balaban J connectivity index is 2.32. The Hall–Kier alpha value is -1.89. The van der Waals surface area contributed by atoms with E-state index in [9.17, 15) is 13.2 Å². The highest BCUT2D eigenvalue weighted by molar-refractivity contribution is 5.16. The predicted molar refractivity (Wildman–Crippen MR) is 58.7 cm³/mol. The van der Waals surface area contributed by atoms with Gasteiger partial charge >= 0.3 is 6.18 Å². The molecule has 2 rings (SSSR count). The maximum atomic E-state index is 12.5. The maximum Gasteiger partial charge on any atom is 0.435 e. The van der Waals surface area contributed by atoms with E-state index in [1.54, 1.807) is 24.5 Å². The Kier molecular flexibility index (Phi) is 3.33. The van der Waals surface area contributed by atoms with Gasteiger partial charge in [0.1, 0.15) is 0 Å². The van der Waals surface area contributed by atoms with Gasteiger partial charge < -0.3 is 5.73 Å². The van der Waals surface area contributed by atoms with Crippen LogP contribution in [0.4, 0.5) is 13.2 Å². The summed E-state index contributed by atoms with van der Waals surface area (Å²) in [6, 6.07) is 3.93. The molecular weight excluding hydrogens is 245 g/mol. The third kappa shape index (κ3) is 2.51. The summed E-state index contributed by atoms with van der Waals surface area (Å²) in [6.45, 7) is 0.144. The molecular formula is C11H11F3N4. The molecule has 0 aliphatic rings. The lowest BCUT2D eigenvalue weighted by Crippen LogP contribution is -2.21. The second-order valence-electron chi connectivity index (χ2n) is 3.72. The zero-order chi connectivity index (χ0) is 13.2. The van der Waals surface area contributed by atoms with E-state index in [2.05, 4.69) is 10.1 Å². The third-order valence-electron chi connectivity index (χ3n) is 2.51. The molecule has 2 N–H and O–H groups in total. The average Bonchev–Trinajstić information content (AvgIpc) is 2.81. The van der Waals surface area contributed by atoms with Gasteiger partial charge in [-0.25, -0.2) is 0 Å². The molecule has 0 aromatic carbocycles. The van der Waals surface area contributed by atoms with Gasteiger partial charge in [0, 0.05) is 25.1 Å². The van der Waals surface area contributed by atoms with Gasteiger partial charge in [-0.05, 0) is 17.7 Å². The van der Waals surface area contributed by atoms with Crippen LogP contribution in [0.3, 0.4) is 0 Å². The summed E-state index contributed by atoms with van der Waals surface area (Å²) in [5, 5.41) is 3.51.